The molecule has 1 amide bonds. The van der Waals surface area contributed by atoms with E-state index in [4.69, 9.17) is 14.2 Å². The second-order valence-electron chi connectivity index (χ2n) is 7.20. The summed E-state index contributed by atoms with van der Waals surface area (Å²) in [7, 11) is 0. The number of hydrogen-bond donors (Lipinski definition) is 1. The molecule has 0 aliphatic heterocycles. The quantitative estimate of drug-likeness (QED) is 0.155. The Hall–Kier alpha value is -5.26. The van der Waals surface area contributed by atoms with E-state index >= 15 is 0 Å². The number of ether oxygens (including phenoxy) is 3. The number of hydrazone groups is 1. The first-order valence-corrected chi connectivity index (χ1v) is 10.9. The maximum atomic E-state index is 12.6. The maximum absolute atomic E-state index is 12.6. The molecule has 0 atom stereocenters. The molecule has 0 fully saturated rings. The zero-order chi connectivity index (χ0) is 26.8. The average molecular weight is 506 g/mol. The highest BCUT2D eigenvalue weighted by Gasteiger charge is 2.21. The zero-order valence-electron chi connectivity index (χ0n) is 19.7. The monoisotopic (exact) mass is 506 g/mol. The molecule has 3 aromatic rings. The lowest BCUT2D eigenvalue weighted by molar-refractivity contribution is -0.394. The molecular formula is C25H22N4O8. The summed E-state index contributed by atoms with van der Waals surface area (Å²) in [5, 5.41) is 26.3. The van der Waals surface area contributed by atoms with E-state index in [2.05, 4.69) is 17.1 Å². The first-order valence-electron chi connectivity index (χ1n) is 10.9. The molecule has 1 N–H and O–H groups in total. The Balaban J connectivity index is 1.77. The number of benzene rings is 3. The molecule has 0 aromatic heterocycles. The van der Waals surface area contributed by atoms with Gasteiger partial charge in [-0.1, -0.05) is 24.8 Å². The molecule has 0 heterocycles. The summed E-state index contributed by atoms with van der Waals surface area (Å²) in [5.74, 6) is 0.331. The Morgan fingerprint density at radius 3 is 2.43 bits per heavy atom. The summed E-state index contributed by atoms with van der Waals surface area (Å²) < 4.78 is 16.7. The summed E-state index contributed by atoms with van der Waals surface area (Å²) >= 11 is 0. The van der Waals surface area contributed by atoms with Crippen LogP contribution < -0.4 is 19.6 Å². The zero-order valence-corrected chi connectivity index (χ0v) is 19.7. The number of hydrogen-bond acceptors (Lipinski definition) is 9. The molecule has 0 radical (unpaired) electrons. The van der Waals surface area contributed by atoms with Gasteiger partial charge in [-0.25, -0.2) is 5.43 Å². The third kappa shape index (κ3) is 6.88. The summed E-state index contributed by atoms with van der Waals surface area (Å²) in [6.07, 6.45) is 2.89. The largest absolute Gasteiger partial charge is 0.490 e. The van der Waals surface area contributed by atoms with Gasteiger partial charge >= 0.3 is 5.69 Å². The van der Waals surface area contributed by atoms with Gasteiger partial charge in [0.1, 0.15) is 12.4 Å². The van der Waals surface area contributed by atoms with Gasteiger partial charge in [-0.15, -0.1) is 0 Å². The molecule has 3 rings (SSSR count). The predicted octanol–water partition coefficient (Wildman–Crippen LogP) is 5.02. The van der Waals surface area contributed by atoms with Crippen molar-refractivity contribution in [3.8, 4) is 23.0 Å². The minimum absolute atomic E-state index is 0.180. The highest BCUT2D eigenvalue weighted by molar-refractivity contribution is 5.95. The molecule has 0 spiro atoms. The first kappa shape index (κ1) is 26.3. The van der Waals surface area contributed by atoms with Crippen LogP contribution in [-0.4, -0.2) is 35.2 Å². The molecule has 12 heteroatoms. The number of rotatable bonds is 12. The minimum atomic E-state index is -0.774. The number of para-hydroxylation sites is 1. The van der Waals surface area contributed by atoms with E-state index in [9.17, 15) is 25.0 Å². The SMILES string of the molecule is C=CCOc1ccc(C(=O)N/N=C/c2ccccc2Oc2ccc([N+](=O)[O-])cc2[N+](=O)[O-])cc1OCC. The Morgan fingerprint density at radius 1 is 0.973 bits per heavy atom. The van der Waals surface area contributed by atoms with Crippen LogP contribution in [0.15, 0.2) is 78.4 Å². The number of nitro groups is 2. The van der Waals surface area contributed by atoms with Gasteiger partial charge in [-0.3, -0.25) is 25.0 Å². The van der Waals surface area contributed by atoms with Gasteiger partial charge in [0, 0.05) is 17.2 Å². The summed E-state index contributed by atoms with van der Waals surface area (Å²) in [4.78, 5) is 33.4. The number of carbonyl (C=O) groups is 1. The number of nitro benzene ring substituents is 2. The second-order valence-corrected chi connectivity index (χ2v) is 7.20. The summed E-state index contributed by atoms with van der Waals surface area (Å²) in [6.45, 7) is 6.05. The first-order chi connectivity index (χ1) is 17.8. The van der Waals surface area contributed by atoms with E-state index in [0.717, 1.165) is 18.2 Å². The Bertz CT molecular complexity index is 1360. The lowest BCUT2D eigenvalue weighted by Gasteiger charge is -2.12. The third-order valence-corrected chi connectivity index (χ3v) is 4.72. The number of non-ortho nitro benzene ring substituents is 1. The van der Waals surface area contributed by atoms with Crippen molar-refractivity contribution in [1.29, 1.82) is 0 Å². The molecule has 0 saturated heterocycles. The van der Waals surface area contributed by atoms with Gasteiger partial charge in [0.15, 0.2) is 11.5 Å². The molecule has 0 saturated carbocycles. The molecule has 0 unspecified atom stereocenters. The Kier molecular flexibility index (Phi) is 8.86. The van der Waals surface area contributed by atoms with E-state index in [-0.39, 0.29) is 23.7 Å². The molecule has 0 bridgehead atoms. The van der Waals surface area contributed by atoms with Gasteiger partial charge < -0.3 is 14.2 Å². The molecule has 0 aliphatic carbocycles. The van der Waals surface area contributed by atoms with E-state index in [1.807, 2.05) is 0 Å². The van der Waals surface area contributed by atoms with Crippen LogP contribution in [-0.2, 0) is 0 Å². The van der Waals surface area contributed by atoms with Crippen molar-refractivity contribution in [2.24, 2.45) is 5.10 Å². The van der Waals surface area contributed by atoms with Crippen LogP contribution in [0.3, 0.4) is 0 Å². The topological polar surface area (TPSA) is 155 Å². The lowest BCUT2D eigenvalue weighted by atomic mass is 10.2. The van der Waals surface area contributed by atoms with E-state index in [1.54, 1.807) is 43.3 Å². The fourth-order valence-electron chi connectivity index (χ4n) is 3.06. The van der Waals surface area contributed by atoms with E-state index in [0.29, 0.717) is 23.7 Å². The van der Waals surface area contributed by atoms with Crippen molar-refractivity contribution < 1.29 is 28.9 Å². The van der Waals surface area contributed by atoms with Crippen LogP contribution in [0.2, 0.25) is 0 Å². The Morgan fingerprint density at radius 2 is 1.73 bits per heavy atom. The molecule has 190 valence electrons. The Labute approximate surface area is 211 Å². The molecule has 37 heavy (non-hydrogen) atoms. The van der Waals surface area contributed by atoms with Crippen LogP contribution in [0.4, 0.5) is 11.4 Å². The average Bonchev–Trinajstić information content (AvgIpc) is 2.89. The van der Waals surface area contributed by atoms with Crippen LogP contribution in [0.25, 0.3) is 0 Å². The van der Waals surface area contributed by atoms with Crippen molar-refractivity contribution in [2.75, 3.05) is 13.2 Å². The number of amides is 1. The number of nitrogens with one attached hydrogen (secondary N) is 1. The fourth-order valence-corrected chi connectivity index (χ4v) is 3.06. The second kappa shape index (κ2) is 12.4. The molecule has 3 aromatic carbocycles. The van der Waals surface area contributed by atoms with Crippen LogP contribution in [0.1, 0.15) is 22.8 Å². The molecule has 0 aliphatic rings. The van der Waals surface area contributed by atoms with E-state index in [1.165, 1.54) is 18.3 Å². The van der Waals surface area contributed by atoms with Crippen LogP contribution >= 0.6 is 0 Å². The minimum Gasteiger partial charge on any atom is -0.490 e. The predicted molar refractivity (Wildman–Crippen MR) is 135 cm³/mol. The molecule has 12 nitrogen and oxygen atoms in total. The smallest absolute Gasteiger partial charge is 0.318 e. The summed E-state index contributed by atoms with van der Waals surface area (Å²) in [6, 6.07) is 14.2. The van der Waals surface area contributed by atoms with Crippen LogP contribution in [0.5, 0.6) is 23.0 Å². The van der Waals surface area contributed by atoms with Crippen molar-refractivity contribution in [2.45, 2.75) is 6.92 Å². The van der Waals surface area contributed by atoms with Gasteiger partial charge in [-0.2, -0.15) is 5.10 Å². The summed E-state index contributed by atoms with van der Waals surface area (Å²) in [5.41, 5.74) is 2.05. The maximum Gasteiger partial charge on any atom is 0.318 e. The third-order valence-electron chi connectivity index (χ3n) is 4.72. The van der Waals surface area contributed by atoms with E-state index < -0.39 is 27.1 Å². The van der Waals surface area contributed by atoms with Gasteiger partial charge in [0.05, 0.1) is 28.7 Å². The highest BCUT2D eigenvalue weighted by Crippen LogP contribution is 2.35. The fraction of sp³-hybridized carbons (Fsp3) is 0.120. The van der Waals surface area contributed by atoms with Gasteiger partial charge in [0.25, 0.3) is 11.6 Å². The van der Waals surface area contributed by atoms with Crippen molar-refractivity contribution in [3.05, 3.63) is 105 Å². The lowest BCUT2D eigenvalue weighted by Crippen LogP contribution is -2.17. The van der Waals surface area contributed by atoms with Crippen molar-refractivity contribution in [3.63, 3.8) is 0 Å². The standard InChI is InChI=1S/C25H22N4O8/c1-3-13-36-23-11-9-17(14-24(23)35-4-2)25(30)27-26-16-18-7-5-6-8-21(18)37-22-12-10-19(28(31)32)15-20(22)29(33)34/h3,5-12,14-16H,1,4,13H2,2H3,(H,27,30)/b26-16+. The van der Waals surface area contributed by atoms with Gasteiger partial charge in [-0.05, 0) is 43.3 Å². The molecular weight excluding hydrogens is 484 g/mol. The highest BCUT2D eigenvalue weighted by atomic mass is 16.6. The number of nitrogens with zero attached hydrogens (tertiary/aromatic N) is 3. The normalized spacial score (nSPS) is 10.5. The van der Waals surface area contributed by atoms with Crippen molar-refractivity contribution in [1.82, 2.24) is 5.43 Å². The number of carbonyl (C=O) groups excluding carboxylic acids is 1. The van der Waals surface area contributed by atoms with Crippen LogP contribution in [0, 0.1) is 20.2 Å². The van der Waals surface area contributed by atoms with Crippen molar-refractivity contribution >= 4 is 23.5 Å². The van der Waals surface area contributed by atoms with Gasteiger partial charge in [0.2, 0.25) is 5.75 Å².